The summed E-state index contributed by atoms with van der Waals surface area (Å²) >= 11 is 0. The van der Waals surface area contributed by atoms with Crippen LogP contribution in [0.3, 0.4) is 0 Å². The van der Waals surface area contributed by atoms with Crippen molar-refractivity contribution in [3.8, 4) is 11.6 Å². The van der Waals surface area contributed by atoms with E-state index >= 15 is 0 Å². The van der Waals surface area contributed by atoms with Crippen LogP contribution in [0, 0.1) is 5.82 Å². The summed E-state index contributed by atoms with van der Waals surface area (Å²) in [4.78, 5) is 4.16. The van der Waals surface area contributed by atoms with Gasteiger partial charge < -0.3 is 15.2 Å². The second-order valence-corrected chi connectivity index (χ2v) is 4.69. The fourth-order valence-electron chi connectivity index (χ4n) is 1.78. The molecule has 4 nitrogen and oxygen atoms in total. The quantitative estimate of drug-likeness (QED) is 0.879. The van der Waals surface area contributed by atoms with Gasteiger partial charge in [-0.25, -0.2) is 9.37 Å². The lowest BCUT2D eigenvalue weighted by molar-refractivity contribution is 0.234. The smallest absolute Gasteiger partial charge is 0.237 e. The second kappa shape index (κ2) is 6.23. The van der Waals surface area contributed by atoms with E-state index in [1.54, 1.807) is 12.3 Å². The first-order valence-corrected chi connectivity index (χ1v) is 6.38. The molecule has 0 saturated heterocycles. The zero-order valence-electron chi connectivity index (χ0n) is 11.4. The summed E-state index contributed by atoms with van der Waals surface area (Å²) in [6.07, 6.45) is 1.67. The van der Waals surface area contributed by atoms with Crippen LogP contribution in [0.4, 0.5) is 10.1 Å². The van der Waals surface area contributed by atoms with E-state index in [-0.39, 0.29) is 11.9 Å². The highest BCUT2D eigenvalue weighted by Gasteiger charge is 2.07. The monoisotopic (exact) mass is 276 g/mol. The maximum absolute atomic E-state index is 13.2. The van der Waals surface area contributed by atoms with Gasteiger partial charge in [-0.3, -0.25) is 0 Å². The van der Waals surface area contributed by atoms with E-state index in [4.69, 9.17) is 4.74 Å². The summed E-state index contributed by atoms with van der Waals surface area (Å²) in [6, 6.07) is 7.57. The first kappa shape index (κ1) is 14.1. The molecule has 0 aliphatic rings. The van der Waals surface area contributed by atoms with Crippen molar-refractivity contribution in [2.24, 2.45) is 0 Å². The Morgan fingerprint density at radius 1 is 1.35 bits per heavy atom. The predicted molar refractivity (Wildman–Crippen MR) is 75.4 cm³/mol. The maximum atomic E-state index is 13.2. The molecule has 0 radical (unpaired) electrons. The lowest BCUT2D eigenvalue weighted by Gasteiger charge is -2.14. The molecule has 0 saturated carbocycles. The molecule has 2 N–H and O–H groups in total. The molecule has 1 heterocycles. The number of anilines is 1. The van der Waals surface area contributed by atoms with Crippen molar-refractivity contribution in [3.63, 3.8) is 0 Å². The van der Waals surface area contributed by atoms with E-state index < -0.39 is 5.82 Å². The van der Waals surface area contributed by atoms with E-state index in [0.29, 0.717) is 18.0 Å². The first-order chi connectivity index (χ1) is 9.54. The molecule has 5 heteroatoms. The number of phenols is 1. The van der Waals surface area contributed by atoms with Crippen LogP contribution < -0.4 is 10.1 Å². The summed E-state index contributed by atoms with van der Waals surface area (Å²) in [6.45, 7) is 4.21. The molecule has 0 spiro atoms. The molecule has 1 aromatic carbocycles. The minimum absolute atomic E-state index is 0.0173. The van der Waals surface area contributed by atoms with Crippen molar-refractivity contribution >= 4 is 5.69 Å². The zero-order chi connectivity index (χ0) is 14.5. The van der Waals surface area contributed by atoms with Crippen LogP contribution in [0.1, 0.15) is 19.4 Å². The Kier molecular flexibility index (Phi) is 4.40. The lowest BCUT2D eigenvalue weighted by Crippen LogP contribution is -2.10. The molecule has 1 aromatic heterocycles. The van der Waals surface area contributed by atoms with Crippen LogP contribution in [0.5, 0.6) is 11.6 Å². The highest BCUT2D eigenvalue weighted by atomic mass is 19.1. The van der Waals surface area contributed by atoms with Gasteiger partial charge in [-0.2, -0.15) is 0 Å². The number of nitrogens with zero attached hydrogens (tertiary/aromatic N) is 1. The van der Waals surface area contributed by atoms with Crippen molar-refractivity contribution in [3.05, 3.63) is 47.9 Å². The highest BCUT2D eigenvalue weighted by molar-refractivity contribution is 5.52. The van der Waals surface area contributed by atoms with Gasteiger partial charge in [0.2, 0.25) is 5.88 Å². The molecule has 20 heavy (non-hydrogen) atoms. The van der Waals surface area contributed by atoms with Crippen molar-refractivity contribution in [2.75, 3.05) is 5.32 Å². The summed E-state index contributed by atoms with van der Waals surface area (Å²) < 4.78 is 18.8. The molecule has 0 unspecified atom stereocenters. The molecule has 106 valence electrons. The molecule has 0 aliphatic heterocycles. The summed E-state index contributed by atoms with van der Waals surface area (Å²) in [5.41, 5.74) is 1.37. The van der Waals surface area contributed by atoms with Gasteiger partial charge in [0.1, 0.15) is 11.6 Å². The number of benzene rings is 1. The molecule has 2 rings (SSSR count). The van der Waals surface area contributed by atoms with E-state index in [9.17, 15) is 9.50 Å². The van der Waals surface area contributed by atoms with Gasteiger partial charge >= 0.3 is 0 Å². The molecule has 2 aromatic rings. The third-order valence-corrected chi connectivity index (χ3v) is 2.54. The molecule has 0 atom stereocenters. The van der Waals surface area contributed by atoms with Crippen LogP contribution in [0.25, 0.3) is 0 Å². The van der Waals surface area contributed by atoms with Gasteiger partial charge in [0, 0.05) is 18.8 Å². The SMILES string of the molecule is CC(C)Oc1ncccc1NCc1cc(O)cc(F)c1. The lowest BCUT2D eigenvalue weighted by atomic mass is 10.2. The molecule has 0 aliphatic carbocycles. The number of halogens is 1. The summed E-state index contributed by atoms with van der Waals surface area (Å²) in [5.74, 6) is -0.0543. The van der Waals surface area contributed by atoms with E-state index in [1.165, 1.54) is 12.1 Å². The topological polar surface area (TPSA) is 54.4 Å². The molecule has 0 fully saturated rings. The minimum Gasteiger partial charge on any atom is -0.508 e. The van der Waals surface area contributed by atoms with Crippen LogP contribution >= 0.6 is 0 Å². The third kappa shape index (κ3) is 3.85. The Balaban J connectivity index is 2.10. The van der Waals surface area contributed by atoms with Crippen molar-refractivity contribution < 1.29 is 14.2 Å². The van der Waals surface area contributed by atoms with E-state index in [0.717, 1.165) is 11.8 Å². The minimum atomic E-state index is -0.466. The van der Waals surface area contributed by atoms with Crippen molar-refractivity contribution in [1.82, 2.24) is 4.98 Å². The van der Waals surface area contributed by atoms with Crippen molar-refractivity contribution in [1.29, 1.82) is 0 Å². The van der Waals surface area contributed by atoms with E-state index in [2.05, 4.69) is 10.3 Å². The zero-order valence-corrected chi connectivity index (χ0v) is 11.4. The standard InChI is InChI=1S/C15H17FN2O2/c1-10(2)20-15-14(4-3-5-17-15)18-9-11-6-12(16)8-13(19)7-11/h3-8,10,18-19H,9H2,1-2H3. The van der Waals surface area contributed by atoms with Gasteiger partial charge in [0.25, 0.3) is 0 Å². The van der Waals surface area contributed by atoms with E-state index in [1.807, 2.05) is 19.9 Å². The average Bonchev–Trinajstić information content (AvgIpc) is 2.36. The van der Waals surface area contributed by atoms with Gasteiger partial charge in [-0.05, 0) is 43.7 Å². The Hall–Kier alpha value is -2.30. The fourth-order valence-corrected chi connectivity index (χ4v) is 1.78. The Bertz CT molecular complexity index is 568. The fraction of sp³-hybridized carbons (Fsp3) is 0.267. The summed E-state index contributed by atoms with van der Waals surface area (Å²) in [7, 11) is 0. The van der Waals surface area contributed by atoms with Crippen LogP contribution in [-0.4, -0.2) is 16.2 Å². The number of hydrogen-bond acceptors (Lipinski definition) is 4. The number of aromatic hydroxyl groups is 1. The van der Waals surface area contributed by atoms with Crippen LogP contribution in [-0.2, 0) is 6.54 Å². The highest BCUT2D eigenvalue weighted by Crippen LogP contribution is 2.23. The van der Waals surface area contributed by atoms with Gasteiger partial charge in [0.15, 0.2) is 0 Å². The number of aromatic nitrogens is 1. The first-order valence-electron chi connectivity index (χ1n) is 6.38. The van der Waals surface area contributed by atoms with Gasteiger partial charge in [0.05, 0.1) is 11.8 Å². The number of rotatable bonds is 5. The number of phenolic OH excluding ortho intramolecular Hbond substituents is 1. The van der Waals surface area contributed by atoms with Gasteiger partial charge in [-0.1, -0.05) is 0 Å². The number of pyridine rings is 1. The summed E-state index contributed by atoms with van der Waals surface area (Å²) in [5, 5.41) is 12.5. The largest absolute Gasteiger partial charge is 0.508 e. The average molecular weight is 276 g/mol. The predicted octanol–water partition coefficient (Wildman–Crippen LogP) is 3.33. The Morgan fingerprint density at radius 3 is 2.85 bits per heavy atom. The molecular formula is C15H17FN2O2. The normalized spacial score (nSPS) is 10.6. The van der Waals surface area contributed by atoms with Crippen LogP contribution in [0.15, 0.2) is 36.5 Å². The number of ether oxygens (including phenoxy) is 1. The molecule has 0 bridgehead atoms. The Morgan fingerprint density at radius 2 is 2.15 bits per heavy atom. The van der Waals surface area contributed by atoms with Crippen LogP contribution in [0.2, 0.25) is 0 Å². The van der Waals surface area contributed by atoms with Crippen molar-refractivity contribution in [2.45, 2.75) is 26.5 Å². The third-order valence-electron chi connectivity index (χ3n) is 2.54. The van der Waals surface area contributed by atoms with Gasteiger partial charge in [-0.15, -0.1) is 0 Å². The number of nitrogens with one attached hydrogen (secondary N) is 1. The maximum Gasteiger partial charge on any atom is 0.237 e. The molecule has 0 amide bonds. The Labute approximate surface area is 117 Å². The second-order valence-electron chi connectivity index (χ2n) is 4.69. The number of hydrogen-bond donors (Lipinski definition) is 2. The molecular weight excluding hydrogens is 259 g/mol.